The molecule has 0 aliphatic carbocycles. The van der Waals surface area contributed by atoms with Crippen LogP contribution in [0.2, 0.25) is 0 Å². The van der Waals surface area contributed by atoms with Crippen LogP contribution >= 0.6 is 0 Å². The van der Waals surface area contributed by atoms with E-state index >= 15 is 0 Å². The third-order valence-electron chi connectivity index (χ3n) is 3.71. The average Bonchev–Trinajstić information content (AvgIpc) is 2.96. The molecule has 0 saturated heterocycles. The van der Waals surface area contributed by atoms with E-state index in [1.54, 1.807) is 0 Å². The highest BCUT2D eigenvalue weighted by molar-refractivity contribution is 5.93. The monoisotopic (exact) mass is 274 g/mol. The van der Waals surface area contributed by atoms with Crippen LogP contribution in [0.25, 0.3) is 21.7 Å². The van der Waals surface area contributed by atoms with E-state index in [0.29, 0.717) is 0 Å². The van der Waals surface area contributed by atoms with Crippen LogP contribution in [0.1, 0.15) is 5.56 Å². The highest BCUT2D eigenvalue weighted by Gasteiger charge is 2.06. The topological polar surface area (TPSA) is 38.1 Å². The molecule has 0 spiro atoms. The van der Waals surface area contributed by atoms with E-state index in [-0.39, 0.29) is 0 Å². The van der Waals surface area contributed by atoms with E-state index in [2.05, 4.69) is 28.5 Å². The summed E-state index contributed by atoms with van der Waals surface area (Å²) in [6.07, 6.45) is 5.53. The number of aromatic nitrogens is 1. The van der Waals surface area contributed by atoms with Crippen molar-refractivity contribution in [2.45, 2.75) is 6.54 Å². The van der Waals surface area contributed by atoms with E-state index in [4.69, 9.17) is 4.42 Å². The predicted octanol–water partition coefficient (Wildman–Crippen LogP) is 4.59. The Balaban J connectivity index is 1.67. The second-order valence-corrected chi connectivity index (χ2v) is 5.01. The Morgan fingerprint density at radius 3 is 2.90 bits per heavy atom. The lowest BCUT2D eigenvalue weighted by Crippen LogP contribution is -1.99. The molecule has 2 heterocycles. The maximum absolute atomic E-state index is 5.57. The maximum Gasteiger partial charge on any atom is 0.134 e. The van der Waals surface area contributed by atoms with Crippen molar-refractivity contribution in [2.75, 3.05) is 5.32 Å². The van der Waals surface area contributed by atoms with Crippen molar-refractivity contribution >= 4 is 27.4 Å². The van der Waals surface area contributed by atoms with Gasteiger partial charge in [0.2, 0.25) is 0 Å². The summed E-state index contributed by atoms with van der Waals surface area (Å²) < 4.78 is 5.57. The zero-order chi connectivity index (χ0) is 14.1. The molecule has 0 amide bonds. The van der Waals surface area contributed by atoms with Gasteiger partial charge in [-0.3, -0.25) is 4.98 Å². The summed E-state index contributed by atoms with van der Waals surface area (Å²) in [5.41, 5.74) is 3.20. The van der Waals surface area contributed by atoms with Gasteiger partial charge >= 0.3 is 0 Å². The van der Waals surface area contributed by atoms with E-state index in [1.807, 2.05) is 49.0 Å². The van der Waals surface area contributed by atoms with Crippen molar-refractivity contribution in [3.8, 4) is 0 Å². The average molecular weight is 274 g/mol. The molecule has 3 heteroatoms. The number of hydrogen-bond acceptors (Lipinski definition) is 3. The van der Waals surface area contributed by atoms with Gasteiger partial charge in [0.15, 0.2) is 0 Å². The molecule has 21 heavy (non-hydrogen) atoms. The van der Waals surface area contributed by atoms with E-state index < -0.39 is 0 Å². The first-order valence-electron chi connectivity index (χ1n) is 6.93. The molecule has 0 fully saturated rings. The van der Waals surface area contributed by atoms with Gasteiger partial charge in [-0.25, -0.2) is 0 Å². The number of anilines is 1. The number of benzene rings is 2. The Labute approximate surface area is 122 Å². The molecule has 0 unspecified atom stereocenters. The highest BCUT2D eigenvalue weighted by Crippen LogP contribution is 2.25. The van der Waals surface area contributed by atoms with Crippen molar-refractivity contribution in [3.63, 3.8) is 0 Å². The third kappa shape index (κ3) is 2.13. The van der Waals surface area contributed by atoms with Gasteiger partial charge in [0, 0.05) is 46.3 Å². The third-order valence-corrected chi connectivity index (χ3v) is 3.71. The molecule has 0 aliphatic rings. The second kappa shape index (κ2) is 4.94. The molecule has 102 valence electrons. The van der Waals surface area contributed by atoms with Crippen LogP contribution in [0.3, 0.4) is 0 Å². The van der Waals surface area contributed by atoms with Crippen LogP contribution in [0.4, 0.5) is 5.69 Å². The van der Waals surface area contributed by atoms with E-state index in [9.17, 15) is 0 Å². The fourth-order valence-corrected chi connectivity index (χ4v) is 2.64. The van der Waals surface area contributed by atoms with E-state index in [1.165, 1.54) is 5.39 Å². The molecule has 3 nitrogen and oxygen atoms in total. The number of furan rings is 1. The Morgan fingerprint density at radius 1 is 0.952 bits per heavy atom. The molecule has 0 aliphatic heterocycles. The minimum absolute atomic E-state index is 0.735. The number of pyridine rings is 1. The smallest absolute Gasteiger partial charge is 0.134 e. The predicted molar refractivity (Wildman–Crippen MR) is 85.3 cm³/mol. The number of hydrogen-bond donors (Lipinski definition) is 1. The van der Waals surface area contributed by atoms with Crippen LogP contribution in [-0.4, -0.2) is 4.98 Å². The number of rotatable bonds is 3. The first-order chi connectivity index (χ1) is 10.4. The van der Waals surface area contributed by atoms with E-state index in [0.717, 1.165) is 34.2 Å². The summed E-state index contributed by atoms with van der Waals surface area (Å²) in [4.78, 5) is 4.16. The van der Waals surface area contributed by atoms with Gasteiger partial charge in [-0.05, 0) is 18.2 Å². The van der Waals surface area contributed by atoms with Crippen LogP contribution < -0.4 is 5.32 Å². The molecular formula is C18H14N2O. The Kier molecular flexibility index (Phi) is 2.82. The molecular weight excluding hydrogens is 260 g/mol. The van der Waals surface area contributed by atoms with Crippen LogP contribution in [0, 0.1) is 0 Å². The summed E-state index contributed by atoms with van der Waals surface area (Å²) >= 11 is 0. The van der Waals surface area contributed by atoms with Crippen LogP contribution in [-0.2, 0) is 6.54 Å². The maximum atomic E-state index is 5.57. The SMILES string of the molecule is c1cc(NCc2coc3ccccc23)c2ccncc2c1. The van der Waals surface area contributed by atoms with Crippen molar-refractivity contribution in [1.82, 2.24) is 4.98 Å². The molecule has 0 saturated carbocycles. The zero-order valence-electron chi connectivity index (χ0n) is 11.4. The number of para-hydroxylation sites is 1. The second-order valence-electron chi connectivity index (χ2n) is 5.01. The molecule has 4 rings (SSSR count). The molecule has 0 atom stereocenters. The lowest BCUT2D eigenvalue weighted by Gasteiger charge is -2.08. The first kappa shape index (κ1) is 12.0. The lowest BCUT2D eigenvalue weighted by molar-refractivity contribution is 0.611. The summed E-state index contributed by atoms with van der Waals surface area (Å²) in [6.45, 7) is 0.735. The molecule has 1 N–H and O–H groups in total. The standard InChI is InChI=1S/C18H14N2O/c1-2-7-18-16(5-1)14(12-21-18)11-20-17-6-3-4-13-10-19-9-8-15(13)17/h1-10,12,20H,11H2. The normalized spacial score (nSPS) is 11.0. The molecule has 4 aromatic rings. The zero-order valence-corrected chi connectivity index (χ0v) is 11.4. The van der Waals surface area contributed by atoms with Crippen molar-refractivity contribution in [3.05, 3.63) is 72.8 Å². The minimum atomic E-state index is 0.735. The molecule has 2 aromatic heterocycles. The van der Waals surface area contributed by atoms with Gasteiger partial charge in [0.25, 0.3) is 0 Å². The summed E-state index contributed by atoms with van der Waals surface area (Å²) in [7, 11) is 0. The van der Waals surface area contributed by atoms with Crippen molar-refractivity contribution < 1.29 is 4.42 Å². The quantitative estimate of drug-likeness (QED) is 0.593. The largest absolute Gasteiger partial charge is 0.464 e. The fraction of sp³-hybridized carbons (Fsp3) is 0.0556. The Hall–Kier alpha value is -2.81. The summed E-state index contributed by atoms with van der Waals surface area (Å²) in [5, 5.41) is 6.97. The van der Waals surface area contributed by atoms with Gasteiger partial charge in [-0.2, -0.15) is 0 Å². The lowest BCUT2D eigenvalue weighted by atomic mass is 10.1. The van der Waals surface area contributed by atoms with Gasteiger partial charge in [-0.15, -0.1) is 0 Å². The fourth-order valence-electron chi connectivity index (χ4n) is 2.64. The number of fused-ring (bicyclic) bond motifs is 2. The Bertz CT molecular complexity index is 906. The number of nitrogens with zero attached hydrogens (tertiary/aromatic N) is 1. The molecule has 2 aromatic carbocycles. The van der Waals surface area contributed by atoms with Crippen molar-refractivity contribution in [2.24, 2.45) is 0 Å². The minimum Gasteiger partial charge on any atom is -0.464 e. The van der Waals surface area contributed by atoms with Gasteiger partial charge in [-0.1, -0.05) is 30.3 Å². The van der Waals surface area contributed by atoms with Crippen molar-refractivity contribution in [1.29, 1.82) is 0 Å². The molecule has 0 radical (unpaired) electrons. The summed E-state index contributed by atoms with van der Waals surface area (Å²) in [6, 6.07) is 16.3. The first-order valence-corrected chi connectivity index (χ1v) is 6.93. The van der Waals surface area contributed by atoms with Crippen LogP contribution in [0.5, 0.6) is 0 Å². The van der Waals surface area contributed by atoms with Gasteiger partial charge in [0.05, 0.1) is 6.26 Å². The van der Waals surface area contributed by atoms with Gasteiger partial charge in [0.1, 0.15) is 5.58 Å². The summed E-state index contributed by atoms with van der Waals surface area (Å²) in [5.74, 6) is 0. The van der Waals surface area contributed by atoms with Crippen LogP contribution in [0.15, 0.2) is 71.6 Å². The molecule has 0 bridgehead atoms. The Morgan fingerprint density at radius 2 is 1.90 bits per heavy atom. The van der Waals surface area contributed by atoms with Gasteiger partial charge < -0.3 is 9.73 Å². The highest BCUT2D eigenvalue weighted by atomic mass is 16.3. The number of nitrogens with one attached hydrogen (secondary N) is 1.